The lowest BCUT2D eigenvalue weighted by Gasteiger charge is -2.39. The molecule has 2 aliphatic rings. The molecule has 0 aromatic heterocycles. The molecular formula is C14H15ClNO6. The fourth-order valence-electron chi connectivity index (χ4n) is 2.40. The van der Waals surface area contributed by atoms with Crippen LogP contribution in [0.4, 0.5) is 5.69 Å². The normalized spacial score (nSPS) is 33.9. The minimum absolute atomic E-state index is 0.344. The molecule has 0 aliphatic carbocycles. The standard InChI is InChI=1S/C14H15ClNO6/c15-6-1-2-7-8(3-6)16-4-9(7)21-14-13(20)12(19)11(18)10(5-17)22-14/h1-4,10-14,17-20H,5H2. The first kappa shape index (κ1) is 15.5. The number of fused-ring (bicyclic) bond motifs is 1. The minimum Gasteiger partial charge on any atom is -0.460 e. The van der Waals surface area contributed by atoms with Crippen molar-refractivity contribution >= 4 is 23.0 Å². The zero-order valence-corrected chi connectivity index (χ0v) is 12.1. The lowest BCUT2D eigenvalue weighted by molar-refractivity contribution is -0.284. The van der Waals surface area contributed by atoms with Crippen LogP contribution in [0.2, 0.25) is 5.02 Å². The van der Waals surface area contributed by atoms with Gasteiger partial charge in [-0.2, -0.15) is 0 Å². The molecule has 22 heavy (non-hydrogen) atoms. The number of hydrogen-bond donors (Lipinski definition) is 4. The van der Waals surface area contributed by atoms with Crippen molar-refractivity contribution < 1.29 is 29.9 Å². The van der Waals surface area contributed by atoms with Crippen LogP contribution in [-0.4, -0.2) is 57.7 Å². The van der Waals surface area contributed by atoms with E-state index in [1.165, 1.54) is 6.20 Å². The van der Waals surface area contributed by atoms with Crippen molar-refractivity contribution in [1.82, 2.24) is 5.32 Å². The second-order valence-electron chi connectivity index (χ2n) is 5.10. The van der Waals surface area contributed by atoms with Gasteiger partial charge < -0.3 is 29.9 Å². The topological polar surface area (TPSA) is 113 Å². The highest BCUT2D eigenvalue weighted by Gasteiger charge is 2.45. The fraction of sp³-hybridized carbons (Fsp3) is 0.429. The predicted molar refractivity (Wildman–Crippen MR) is 76.1 cm³/mol. The number of benzene rings is 1. The Morgan fingerprint density at radius 1 is 1.18 bits per heavy atom. The third kappa shape index (κ3) is 2.67. The summed E-state index contributed by atoms with van der Waals surface area (Å²) >= 11 is 5.88. The van der Waals surface area contributed by atoms with E-state index in [4.69, 9.17) is 26.2 Å². The van der Waals surface area contributed by atoms with E-state index in [1.54, 1.807) is 18.2 Å². The predicted octanol–water partition coefficient (Wildman–Crippen LogP) is -0.296. The second kappa shape index (κ2) is 6.04. The van der Waals surface area contributed by atoms with E-state index in [0.717, 1.165) is 0 Å². The quantitative estimate of drug-likeness (QED) is 0.606. The maximum absolute atomic E-state index is 9.95. The van der Waals surface area contributed by atoms with Crippen LogP contribution in [0.15, 0.2) is 24.4 Å². The smallest absolute Gasteiger partial charge is 0.229 e. The van der Waals surface area contributed by atoms with Crippen LogP contribution in [0.25, 0.3) is 5.76 Å². The van der Waals surface area contributed by atoms with Crippen molar-refractivity contribution in [2.75, 3.05) is 6.61 Å². The van der Waals surface area contributed by atoms with Crippen LogP contribution in [0, 0.1) is 0 Å². The van der Waals surface area contributed by atoms with Crippen LogP contribution in [0.3, 0.4) is 0 Å². The summed E-state index contributed by atoms with van der Waals surface area (Å²) < 4.78 is 10.8. The monoisotopic (exact) mass is 328 g/mol. The molecule has 0 bridgehead atoms. The van der Waals surface area contributed by atoms with E-state index < -0.39 is 37.3 Å². The number of halogens is 1. The molecule has 0 saturated carbocycles. The number of ether oxygens (including phenoxy) is 2. The fourth-order valence-corrected chi connectivity index (χ4v) is 2.57. The molecule has 1 aromatic carbocycles. The van der Waals surface area contributed by atoms with E-state index in [9.17, 15) is 15.3 Å². The zero-order valence-electron chi connectivity index (χ0n) is 11.3. The number of nitrogens with zero attached hydrogens (tertiary/aromatic N) is 1. The first-order valence-corrected chi connectivity index (χ1v) is 7.07. The first-order chi connectivity index (χ1) is 10.5. The van der Waals surface area contributed by atoms with Gasteiger partial charge in [0.2, 0.25) is 6.29 Å². The molecule has 7 nitrogen and oxygen atoms in total. The van der Waals surface area contributed by atoms with E-state index >= 15 is 0 Å². The van der Waals surface area contributed by atoms with Crippen LogP contribution < -0.4 is 5.32 Å². The molecule has 119 valence electrons. The van der Waals surface area contributed by atoms with Gasteiger partial charge in [0.25, 0.3) is 0 Å². The lowest BCUT2D eigenvalue weighted by atomic mass is 9.99. The highest BCUT2D eigenvalue weighted by atomic mass is 35.5. The lowest BCUT2D eigenvalue weighted by Crippen LogP contribution is -2.59. The van der Waals surface area contributed by atoms with E-state index in [1.807, 2.05) is 0 Å². The largest absolute Gasteiger partial charge is 0.460 e. The first-order valence-electron chi connectivity index (χ1n) is 6.69. The summed E-state index contributed by atoms with van der Waals surface area (Å²) in [6.45, 7) is -0.513. The Hall–Kier alpha value is -1.35. The Morgan fingerprint density at radius 3 is 2.68 bits per heavy atom. The summed E-state index contributed by atoms with van der Waals surface area (Å²) in [5, 5.41) is 43.2. The number of hydrogen-bond acceptors (Lipinski definition) is 6. The van der Waals surface area contributed by atoms with Crippen LogP contribution in [-0.2, 0) is 9.47 Å². The van der Waals surface area contributed by atoms with E-state index in [2.05, 4.69) is 5.32 Å². The molecular weight excluding hydrogens is 314 g/mol. The highest BCUT2D eigenvalue weighted by molar-refractivity contribution is 6.30. The van der Waals surface area contributed by atoms with Crippen molar-refractivity contribution in [3.63, 3.8) is 0 Å². The van der Waals surface area contributed by atoms with Crippen molar-refractivity contribution in [3.05, 3.63) is 35.0 Å². The molecule has 1 saturated heterocycles. The minimum atomic E-state index is -1.49. The molecule has 4 N–H and O–H groups in total. The molecule has 1 aromatic rings. The molecule has 0 amide bonds. The van der Waals surface area contributed by atoms with Crippen LogP contribution in [0.5, 0.6) is 0 Å². The number of rotatable bonds is 3. The second-order valence-corrected chi connectivity index (χ2v) is 5.54. The molecule has 3 rings (SSSR count). The van der Waals surface area contributed by atoms with Gasteiger partial charge in [-0.3, -0.25) is 5.32 Å². The number of aliphatic hydroxyl groups is 4. The van der Waals surface area contributed by atoms with Crippen LogP contribution >= 0.6 is 11.6 Å². The molecule has 5 unspecified atom stereocenters. The third-order valence-electron chi connectivity index (χ3n) is 3.64. The van der Waals surface area contributed by atoms with Gasteiger partial charge in [-0.1, -0.05) is 11.6 Å². The van der Waals surface area contributed by atoms with Gasteiger partial charge in [-0.25, -0.2) is 0 Å². The van der Waals surface area contributed by atoms with E-state index in [0.29, 0.717) is 22.0 Å². The summed E-state index contributed by atoms with van der Waals surface area (Å²) in [6.07, 6.45) is -5.18. The zero-order chi connectivity index (χ0) is 15.9. The SMILES string of the molecule is OCC1OC(OC2=C[N]c3cc(Cl)ccc32)C(O)C(O)C1O. The van der Waals surface area contributed by atoms with Crippen molar-refractivity contribution in [3.8, 4) is 0 Å². The van der Waals surface area contributed by atoms with Gasteiger partial charge >= 0.3 is 0 Å². The molecule has 1 radical (unpaired) electrons. The van der Waals surface area contributed by atoms with Gasteiger partial charge in [-0.05, 0) is 18.2 Å². The summed E-state index contributed by atoms with van der Waals surface area (Å²) in [7, 11) is 0. The summed E-state index contributed by atoms with van der Waals surface area (Å²) in [5.74, 6) is 0.344. The van der Waals surface area contributed by atoms with Crippen molar-refractivity contribution in [2.45, 2.75) is 30.7 Å². The average Bonchev–Trinajstić information content (AvgIpc) is 2.90. The van der Waals surface area contributed by atoms with Gasteiger partial charge in [-0.15, -0.1) is 0 Å². The molecule has 2 heterocycles. The van der Waals surface area contributed by atoms with Crippen molar-refractivity contribution in [1.29, 1.82) is 0 Å². The van der Waals surface area contributed by atoms with Gasteiger partial charge in [0.15, 0.2) is 5.76 Å². The van der Waals surface area contributed by atoms with E-state index in [-0.39, 0.29) is 0 Å². The number of aliphatic hydroxyl groups excluding tert-OH is 4. The Morgan fingerprint density at radius 2 is 1.95 bits per heavy atom. The Labute approximate surface area is 131 Å². The van der Waals surface area contributed by atoms with Gasteiger partial charge in [0.05, 0.1) is 18.5 Å². The Balaban J connectivity index is 1.77. The third-order valence-corrected chi connectivity index (χ3v) is 3.87. The Bertz CT molecular complexity index is 593. The van der Waals surface area contributed by atoms with Gasteiger partial charge in [0.1, 0.15) is 24.4 Å². The highest BCUT2D eigenvalue weighted by Crippen LogP contribution is 2.35. The maximum atomic E-state index is 9.95. The summed E-state index contributed by atoms with van der Waals surface area (Å²) in [5.41, 5.74) is 1.29. The summed E-state index contributed by atoms with van der Waals surface area (Å²) in [4.78, 5) is 0. The van der Waals surface area contributed by atoms with Crippen molar-refractivity contribution in [2.24, 2.45) is 0 Å². The van der Waals surface area contributed by atoms with Gasteiger partial charge in [0, 0.05) is 10.6 Å². The Kier molecular flexibility index (Phi) is 4.26. The average molecular weight is 329 g/mol. The summed E-state index contributed by atoms with van der Waals surface area (Å²) in [6, 6.07) is 5.05. The molecule has 5 atom stereocenters. The molecule has 0 spiro atoms. The molecule has 8 heteroatoms. The molecule has 1 fully saturated rings. The van der Waals surface area contributed by atoms with Crippen LogP contribution in [0.1, 0.15) is 5.56 Å². The molecule has 2 aliphatic heterocycles. The maximum Gasteiger partial charge on any atom is 0.229 e.